The molecule has 0 saturated carbocycles. The third-order valence-electron chi connectivity index (χ3n) is 3.40. The van der Waals surface area contributed by atoms with Crippen molar-refractivity contribution in [2.24, 2.45) is 4.99 Å². The van der Waals surface area contributed by atoms with Gasteiger partial charge >= 0.3 is 5.97 Å². The molecule has 0 unspecified atom stereocenters. The van der Waals surface area contributed by atoms with E-state index >= 15 is 0 Å². The molecule has 1 aliphatic rings. The van der Waals surface area contributed by atoms with Gasteiger partial charge in [-0.25, -0.2) is 9.79 Å². The van der Waals surface area contributed by atoms with Gasteiger partial charge in [0, 0.05) is 6.07 Å². The van der Waals surface area contributed by atoms with Crippen LogP contribution in [0.1, 0.15) is 11.1 Å². The van der Waals surface area contributed by atoms with Crippen molar-refractivity contribution in [3.8, 4) is 11.5 Å². The first-order valence-electron chi connectivity index (χ1n) is 7.11. The van der Waals surface area contributed by atoms with Crippen molar-refractivity contribution < 1.29 is 19.0 Å². The molecule has 0 fully saturated rings. The fourth-order valence-electron chi connectivity index (χ4n) is 2.23. The minimum atomic E-state index is -0.535. The van der Waals surface area contributed by atoms with E-state index < -0.39 is 5.97 Å². The van der Waals surface area contributed by atoms with Crippen molar-refractivity contribution in [1.29, 1.82) is 0 Å². The lowest BCUT2D eigenvalue weighted by molar-refractivity contribution is -0.129. The zero-order valence-corrected chi connectivity index (χ0v) is 13.8. The molecule has 122 valence electrons. The predicted molar refractivity (Wildman–Crippen MR) is 91.6 cm³/mol. The van der Waals surface area contributed by atoms with Crippen molar-refractivity contribution >= 4 is 29.5 Å². The maximum Gasteiger partial charge on any atom is 0.363 e. The summed E-state index contributed by atoms with van der Waals surface area (Å²) in [6.07, 6.45) is 1.61. The van der Waals surface area contributed by atoms with Crippen molar-refractivity contribution in [2.75, 3.05) is 14.2 Å². The molecule has 24 heavy (non-hydrogen) atoms. The van der Waals surface area contributed by atoms with Gasteiger partial charge in [-0.1, -0.05) is 23.7 Å². The summed E-state index contributed by atoms with van der Waals surface area (Å²) in [7, 11) is 3.12. The van der Waals surface area contributed by atoms with Gasteiger partial charge in [-0.15, -0.1) is 0 Å². The number of cyclic esters (lactones) is 1. The highest BCUT2D eigenvalue weighted by Gasteiger charge is 2.25. The minimum absolute atomic E-state index is 0.181. The molecule has 2 aromatic carbocycles. The van der Waals surface area contributed by atoms with E-state index in [1.165, 1.54) is 0 Å². The Morgan fingerprint density at radius 3 is 2.38 bits per heavy atom. The van der Waals surface area contributed by atoms with Crippen LogP contribution in [-0.4, -0.2) is 26.1 Å². The van der Waals surface area contributed by atoms with Crippen molar-refractivity contribution in [3.63, 3.8) is 0 Å². The number of esters is 1. The van der Waals surface area contributed by atoms with Gasteiger partial charge < -0.3 is 14.2 Å². The van der Waals surface area contributed by atoms with E-state index in [1.807, 2.05) is 0 Å². The third-order valence-corrected chi connectivity index (χ3v) is 3.73. The van der Waals surface area contributed by atoms with Crippen molar-refractivity contribution in [3.05, 3.63) is 64.3 Å². The number of nitrogens with zero attached hydrogens (tertiary/aromatic N) is 1. The van der Waals surface area contributed by atoms with Crippen molar-refractivity contribution in [2.45, 2.75) is 0 Å². The first-order valence-corrected chi connectivity index (χ1v) is 7.49. The van der Waals surface area contributed by atoms with Crippen LogP contribution in [0.3, 0.4) is 0 Å². The molecule has 6 heteroatoms. The predicted octanol–water partition coefficient (Wildman–Crippen LogP) is 3.70. The number of benzene rings is 2. The first kappa shape index (κ1) is 16.1. The number of ether oxygens (including phenoxy) is 3. The van der Waals surface area contributed by atoms with Gasteiger partial charge in [0.2, 0.25) is 5.90 Å². The standard InChI is InChI=1S/C18H14ClNO4/c1-22-12-7-11(8-13(10-12)23-2)9-16-18(21)24-17(20-16)14-5-3-4-6-15(14)19/h3-10H,1-2H3/b16-9+. The molecule has 0 aromatic heterocycles. The van der Waals surface area contributed by atoms with Crippen LogP contribution in [0.4, 0.5) is 0 Å². The van der Waals surface area contributed by atoms with Crippen LogP contribution in [0, 0.1) is 0 Å². The third kappa shape index (κ3) is 3.26. The van der Waals surface area contributed by atoms with E-state index in [0.717, 1.165) is 0 Å². The lowest BCUT2D eigenvalue weighted by Crippen LogP contribution is -2.05. The average Bonchev–Trinajstić information content (AvgIpc) is 2.95. The summed E-state index contributed by atoms with van der Waals surface area (Å²) in [4.78, 5) is 16.3. The summed E-state index contributed by atoms with van der Waals surface area (Å²) in [6.45, 7) is 0. The SMILES string of the molecule is COc1cc(/C=C2/N=C(c3ccccc3Cl)OC2=O)cc(OC)c1. The summed E-state index contributed by atoms with van der Waals surface area (Å²) in [5.41, 5.74) is 1.46. The van der Waals surface area contributed by atoms with Gasteiger partial charge in [-0.05, 0) is 35.9 Å². The summed E-state index contributed by atoms with van der Waals surface area (Å²) in [5.74, 6) is 0.879. The maximum absolute atomic E-state index is 12.1. The first-order chi connectivity index (χ1) is 11.6. The second kappa shape index (κ2) is 6.76. The van der Waals surface area contributed by atoms with Gasteiger partial charge in [-0.2, -0.15) is 0 Å². The number of aliphatic imine (C=N–C) groups is 1. The minimum Gasteiger partial charge on any atom is -0.497 e. The van der Waals surface area contributed by atoms with Gasteiger partial charge in [0.05, 0.1) is 24.8 Å². The molecular formula is C18H14ClNO4. The summed E-state index contributed by atoms with van der Waals surface area (Å²) in [6, 6.07) is 12.3. The molecule has 0 amide bonds. The van der Waals surface area contributed by atoms with Crippen LogP contribution < -0.4 is 9.47 Å². The number of hydrogen-bond donors (Lipinski definition) is 0. The smallest absolute Gasteiger partial charge is 0.363 e. The lowest BCUT2D eigenvalue weighted by Gasteiger charge is -2.05. The number of carbonyl (C=O) groups is 1. The molecule has 3 rings (SSSR count). The van der Waals surface area contributed by atoms with Crippen molar-refractivity contribution in [1.82, 2.24) is 0 Å². The molecule has 5 nitrogen and oxygen atoms in total. The molecule has 1 aliphatic heterocycles. The Morgan fingerprint density at radius 2 is 1.75 bits per heavy atom. The van der Waals surface area contributed by atoms with E-state index in [9.17, 15) is 4.79 Å². The Kier molecular flexibility index (Phi) is 4.53. The lowest BCUT2D eigenvalue weighted by atomic mass is 10.1. The van der Waals surface area contributed by atoms with Crippen LogP contribution >= 0.6 is 11.6 Å². The molecule has 0 saturated heterocycles. The van der Waals surface area contributed by atoms with E-state index in [0.29, 0.717) is 27.6 Å². The average molecular weight is 344 g/mol. The quantitative estimate of drug-likeness (QED) is 0.627. The Morgan fingerprint density at radius 1 is 1.08 bits per heavy atom. The second-order valence-electron chi connectivity index (χ2n) is 4.96. The van der Waals surface area contributed by atoms with Crippen LogP contribution in [0.15, 0.2) is 53.2 Å². The summed E-state index contributed by atoms with van der Waals surface area (Å²) >= 11 is 6.11. The van der Waals surface area contributed by atoms with Gasteiger partial charge in [0.1, 0.15) is 11.5 Å². The zero-order chi connectivity index (χ0) is 17.1. The van der Waals surface area contributed by atoms with Crippen LogP contribution in [0.25, 0.3) is 6.08 Å². The highest BCUT2D eigenvalue weighted by atomic mass is 35.5. The van der Waals surface area contributed by atoms with Crippen LogP contribution in [-0.2, 0) is 9.53 Å². The number of rotatable bonds is 4. The molecule has 0 N–H and O–H groups in total. The molecule has 0 aliphatic carbocycles. The Balaban J connectivity index is 1.99. The van der Waals surface area contributed by atoms with Crippen LogP contribution in [0.5, 0.6) is 11.5 Å². The Bertz CT molecular complexity index is 836. The summed E-state index contributed by atoms with van der Waals surface area (Å²) in [5, 5.41) is 0.466. The normalized spacial score (nSPS) is 15.2. The fraction of sp³-hybridized carbons (Fsp3) is 0.111. The number of methoxy groups -OCH3 is 2. The van der Waals surface area contributed by atoms with E-state index in [-0.39, 0.29) is 11.6 Å². The molecule has 0 atom stereocenters. The molecular weight excluding hydrogens is 330 g/mol. The van der Waals surface area contributed by atoms with E-state index in [1.54, 1.807) is 62.8 Å². The molecule has 0 bridgehead atoms. The maximum atomic E-state index is 12.1. The summed E-state index contributed by atoms with van der Waals surface area (Å²) < 4.78 is 15.7. The molecule has 1 heterocycles. The van der Waals surface area contributed by atoms with Gasteiger partial charge in [0.15, 0.2) is 5.70 Å². The largest absolute Gasteiger partial charge is 0.497 e. The Labute approximate surface area is 144 Å². The Hall–Kier alpha value is -2.79. The van der Waals surface area contributed by atoms with Crippen LogP contribution in [0.2, 0.25) is 5.02 Å². The molecule has 0 spiro atoms. The van der Waals surface area contributed by atoms with Gasteiger partial charge in [-0.3, -0.25) is 0 Å². The molecule has 0 radical (unpaired) electrons. The molecule has 2 aromatic rings. The fourth-order valence-corrected chi connectivity index (χ4v) is 2.45. The van der Waals surface area contributed by atoms with E-state index in [2.05, 4.69) is 4.99 Å². The number of hydrogen-bond acceptors (Lipinski definition) is 5. The number of halogens is 1. The highest BCUT2D eigenvalue weighted by molar-refractivity contribution is 6.34. The topological polar surface area (TPSA) is 57.1 Å². The highest BCUT2D eigenvalue weighted by Crippen LogP contribution is 2.27. The second-order valence-corrected chi connectivity index (χ2v) is 5.37. The van der Waals surface area contributed by atoms with E-state index in [4.69, 9.17) is 25.8 Å². The number of carbonyl (C=O) groups excluding carboxylic acids is 1. The monoisotopic (exact) mass is 343 g/mol. The zero-order valence-electron chi connectivity index (χ0n) is 13.1. The van der Waals surface area contributed by atoms with Gasteiger partial charge in [0.25, 0.3) is 0 Å².